The van der Waals surface area contributed by atoms with E-state index in [-0.39, 0.29) is 11.5 Å². The van der Waals surface area contributed by atoms with Crippen molar-refractivity contribution in [3.8, 4) is 0 Å². The van der Waals surface area contributed by atoms with Crippen LogP contribution in [-0.2, 0) is 11.2 Å². The van der Waals surface area contributed by atoms with Gasteiger partial charge in [-0.25, -0.2) is 4.79 Å². The molecule has 1 saturated heterocycles. The predicted octanol–water partition coefficient (Wildman–Crippen LogP) is 6.05. The molecular weight excluding hydrogens is 372 g/mol. The molecule has 0 spiro atoms. The molecule has 2 heterocycles. The van der Waals surface area contributed by atoms with Crippen LogP contribution in [0.3, 0.4) is 0 Å². The van der Waals surface area contributed by atoms with E-state index in [0.717, 1.165) is 29.5 Å². The largest absolute Gasteiger partial charge is 0.444 e. The van der Waals surface area contributed by atoms with Crippen LogP contribution in [0.2, 0.25) is 0 Å². The van der Waals surface area contributed by atoms with E-state index < -0.39 is 5.60 Å². The van der Waals surface area contributed by atoms with Gasteiger partial charge in [-0.05, 0) is 73.9 Å². The molecule has 30 heavy (non-hydrogen) atoms. The second-order valence-corrected chi connectivity index (χ2v) is 9.35. The highest BCUT2D eigenvalue weighted by molar-refractivity contribution is 5.85. The molecule has 4 rings (SSSR count). The molecule has 2 aromatic carbocycles. The fraction of sp³-hybridized carbons (Fsp3) is 0.346. The Morgan fingerprint density at radius 2 is 1.93 bits per heavy atom. The molecule has 4 heteroatoms. The number of ether oxygens (including phenoxy) is 1. The number of carbonyl (C=O) groups is 1. The molecule has 0 bridgehead atoms. The molecule has 1 unspecified atom stereocenters. The molecule has 1 N–H and O–H groups in total. The number of benzene rings is 2. The lowest BCUT2D eigenvalue weighted by Crippen LogP contribution is -2.37. The van der Waals surface area contributed by atoms with Gasteiger partial charge in [0.2, 0.25) is 0 Å². The summed E-state index contributed by atoms with van der Waals surface area (Å²) in [5, 5.41) is 1.17. The first-order valence-electron chi connectivity index (χ1n) is 10.5. The number of nitrogens with zero attached hydrogens (tertiary/aromatic N) is 1. The molecule has 0 aliphatic carbocycles. The molecule has 0 saturated carbocycles. The highest BCUT2D eigenvalue weighted by Crippen LogP contribution is 2.45. The molecule has 1 amide bonds. The summed E-state index contributed by atoms with van der Waals surface area (Å²) in [6, 6.07) is 19.0. The number of carbonyl (C=O) groups excluding carboxylic acids is 1. The van der Waals surface area contributed by atoms with Gasteiger partial charge in [0.25, 0.3) is 0 Å². The molecule has 1 fully saturated rings. The van der Waals surface area contributed by atoms with Gasteiger partial charge in [0.15, 0.2) is 0 Å². The summed E-state index contributed by atoms with van der Waals surface area (Å²) < 4.78 is 5.65. The van der Waals surface area contributed by atoms with E-state index in [1.165, 1.54) is 10.9 Å². The van der Waals surface area contributed by atoms with E-state index in [1.54, 1.807) is 0 Å². The van der Waals surface area contributed by atoms with Crippen LogP contribution in [0.25, 0.3) is 16.5 Å². The molecule has 1 aliphatic rings. The lowest BCUT2D eigenvalue weighted by molar-refractivity contribution is 0.0281. The quantitative estimate of drug-likeness (QED) is 0.577. The van der Waals surface area contributed by atoms with Gasteiger partial charge >= 0.3 is 6.09 Å². The third-order valence-electron chi connectivity index (χ3n) is 5.93. The maximum atomic E-state index is 12.8. The summed E-state index contributed by atoms with van der Waals surface area (Å²) in [7, 11) is 0. The summed E-state index contributed by atoms with van der Waals surface area (Å²) in [5.41, 5.74) is 3.86. The van der Waals surface area contributed by atoms with Crippen LogP contribution in [0.5, 0.6) is 0 Å². The summed E-state index contributed by atoms with van der Waals surface area (Å²) in [6.07, 6.45) is 3.42. The minimum atomic E-state index is -0.502. The zero-order chi connectivity index (χ0) is 21.4. The first-order valence-corrected chi connectivity index (χ1v) is 10.5. The van der Waals surface area contributed by atoms with E-state index in [1.807, 2.05) is 37.9 Å². The van der Waals surface area contributed by atoms with Gasteiger partial charge in [-0.1, -0.05) is 43.0 Å². The number of rotatable bonds is 4. The van der Waals surface area contributed by atoms with Crippen LogP contribution < -0.4 is 0 Å². The Bertz CT molecular complexity index is 1060. The minimum Gasteiger partial charge on any atom is -0.444 e. The predicted molar refractivity (Wildman–Crippen MR) is 122 cm³/mol. The van der Waals surface area contributed by atoms with Crippen LogP contribution in [0.15, 0.2) is 67.4 Å². The highest BCUT2D eigenvalue weighted by Gasteiger charge is 2.43. The molecule has 1 aliphatic heterocycles. The highest BCUT2D eigenvalue weighted by atomic mass is 16.6. The first kappa shape index (κ1) is 20.3. The fourth-order valence-corrected chi connectivity index (χ4v) is 4.39. The number of aromatic amines is 1. The smallest absolute Gasteiger partial charge is 0.410 e. The summed E-state index contributed by atoms with van der Waals surface area (Å²) in [5.74, 6) is 0. The molecule has 1 atom stereocenters. The van der Waals surface area contributed by atoms with Crippen molar-refractivity contribution < 1.29 is 9.53 Å². The Kier molecular flexibility index (Phi) is 5.19. The van der Waals surface area contributed by atoms with Crippen molar-refractivity contribution in [1.29, 1.82) is 0 Å². The standard InChI is InChI=1S/C26H30N2O2/c1-19(21-10-11-23-22(16-21)12-14-27-23)26(17-20-8-6-5-7-9-20)13-15-28(18-26)24(29)30-25(2,3)4/h5-12,14,16,27H,1,13,15,17-18H2,2-4H3. The van der Waals surface area contributed by atoms with Crippen molar-refractivity contribution in [1.82, 2.24) is 9.88 Å². The molecule has 0 radical (unpaired) electrons. The van der Waals surface area contributed by atoms with Crippen molar-refractivity contribution in [2.75, 3.05) is 13.1 Å². The second kappa shape index (κ2) is 7.67. The van der Waals surface area contributed by atoms with Gasteiger partial charge < -0.3 is 14.6 Å². The number of nitrogens with one attached hydrogen (secondary N) is 1. The fourth-order valence-electron chi connectivity index (χ4n) is 4.39. The van der Waals surface area contributed by atoms with E-state index in [9.17, 15) is 4.79 Å². The Morgan fingerprint density at radius 1 is 1.17 bits per heavy atom. The lowest BCUT2D eigenvalue weighted by atomic mass is 9.72. The normalized spacial score (nSPS) is 19.2. The topological polar surface area (TPSA) is 45.3 Å². The van der Waals surface area contributed by atoms with Crippen LogP contribution >= 0.6 is 0 Å². The number of hydrogen-bond donors (Lipinski definition) is 1. The summed E-state index contributed by atoms with van der Waals surface area (Å²) >= 11 is 0. The lowest BCUT2D eigenvalue weighted by Gasteiger charge is -2.33. The van der Waals surface area contributed by atoms with Crippen LogP contribution in [-0.4, -0.2) is 34.7 Å². The number of amides is 1. The number of H-pyrrole nitrogens is 1. The molecule has 1 aromatic heterocycles. The van der Waals surface area contributed by atoms with E-state index in [2.05, 4.69) is 60.1 Å². The Hall–Kier alpha value is -3.01. The van der Waals surface area contributed by atoms with Gasteiger partial charge in [-0.2, -0.15) is 0 Å². The van der Waals surface area contributed by atoms with Gasteiger partial charge in [-0.15, -0.1) is 0 Å². The van der Waals surface area contributed by atoms with E-state index in [4.69, 9.17) is 4.74 Å². The number of likely N-dealkylation sites (tertiary alicyclic amines) is 1. The average Bonchev–Trinajstić information content (AvgIpc) is 3.34. The Morgan fingerprint density at radius 3 is 2.67 bits per heavy atom. The second-order valence-electron chi connectivity index (χ2n) is 9.35. The zero-order valence-electron chi connectivity index (χ0n) is 18.1. The van der Waals surface area contributed by atoms with Crippen LogP contribution in [0.4, 0.5) is 4.79 Å². The van der Waals surface area contributed by atoms with E-state index in [0.29, 0.717) is 13.1 Å². The maximum absolute atomic E-state index is 12.8. The zero-order valence-corrected chi connectivity index (χ0v) is 18.1. The SMILES string of the molecule is C=C(c1ccc2[nH]ccc2c1)C1(Cc2ccccc2)CCN(C(=O)OC(C)(C)C)C1. The average molecular weight is 403 g/mol. The Labute approximate surface area is 178 Å². The monoisotopic (exact) mass is 402 g/mol. The van der Waals surface area contributed by atoms with Crippen LogP contribution in [0.1, 0.15) is 38.3 Å². The summed E-state index contributed by atoms with van der Waals surface area (Å²) in [4.78, 5) is 17.9. The maximum Gasteiger partial charge on any atom is 0.410 e. The number of fused-ring (bicyclic) bond motifs is 1. The van der Waals surface area contributed by atoms with Gasteiger partial charge in [0, 0.05) is 30.2 Å². The van der Waals surface area contributed by atoms with Crippen molar-refractivity contribution >= 4 is 22.6 Å². The van der Waals surface area contributed by atoms with E-state index >= 15 is 0 Å². The summed E-state index contributed by atoms with van der Waals surface area (Å²) in [6.45, 7) is 11.5. The van der Waals surface area contributed by atoms with Gasteiger partial charge in [0.05, 0.1) is 0 Å². The van der Waals surface area contributed by atoms with Crippen molar-refractivity contribution in [3.63, 3.8) is 0 Å². The molecular formula is C26H30N2O2. The number of aromatic nitrogens is 1. The Balaban J connectivity index is 1.66. The minimum absolute atomic E-state index is 0.220. The molecule has 3 aromatic rings. The van der Waals surface area contributed by atoms with Crippen LogP contribution in [0, 0.1) is 5.41 Å². The molecule has 156 valence electrons. The first-order chi connectivity index (χ1) is 14.3. The van der Waals surface area contributed by atoms with Crippen molar-refractivity contribution in [2.45, 2.75) is 39.2 Å². The van der Waals surface area contributed by atoms with Gasteiger partial charge in [-0.3, -0.25) is 0 Å². The van der Waals surface area contributed by atoms with Gasteiger partial charge in [0.1, 0.15) is 5.60 Å². The third kappa shape index (κ3) is 4.13. The van der Waals surface area contributed by atoms with Crippen molar-refractivity contribution in [3.05, 3.63) is 78.5 Å². The molecule has 4 nitrogen and oxygen atoms in total. The third-order valence-corrected chi connectivity index (χ3v) is 5.93. The van der Waals surface area contributed by atoms with Crippen molar-refractivity contribution in [2.24, 2.45) is 5.41 Å². The number of hydrogen-bond acceptors (Lipinski definition) is 2.